The van der Waals surface area contributed by atoms with E-state index in [1.54, 1.807) is 0 Å². The van der Waals surface area contributed by atoms with Gasteiger partial charge in [-0.3, -0.25) is 10.1 Å². The van der Waals surface area contributed by atoms with E-state index < -0.39 is 0 Å². The van der Waals surface area contributed by atoms with Gasteiger partial charge < -0.3 is 5.32 Å². The van der Waals surface area contributed by atoms with Gasteiger partial charge in [0.2, 0.25) is 5.91 Å². The Hall–Kier alpha value is -1.84. The van der Waals surface area contributed by atoms with E-state index >= 15 is 0 Å². The largest absolute Gasteiger partial charge is 0.352 e. The van der Waals surface area contributed by atoms with Gasteiger partial charge in [-0.25, -0.2) is 0 Å². The molecular weight excluding hydrogens is 308 g/mol. The van der Waals surface area contributed by atoms with Crippen LogP contribution in [0.1, 0.15) is 43.0 Å². The highest BCUT2D eigenvalue weighted by Gasteiger charge is 2.29. The molecule has 2 aromatic carbocycles. The van der Waals surface area contributed by atoms with Gasteiger partial charge in [0.1, 0.15) is 6.04 Å². The minimum Gasteiger partial charge on any atom is -0.352 e. The zero-order valence-corrected chi connectivity index (χ0v) is 13.9. The minimum absolute atomic E-state index is 0.0175. The first-order valence-electron chi connectivity index (χ1n) is 8.00. The Labute approximate surface area is 142 Å². The van der Waals surface area contributed by atoms with Gasteiger partial charge in [-0.05, 0) is 43.0 Å². The van der Waals surface area contributed by atoms with Crippen molar-refractivity contribution in [3.8, 4) is 0 Å². The molecule has 120 valence electrons. The van der Waals surface area contributed by atoms with Gasteiger partial charge in [0.15, 0.2) is 0 Å². The number of halogens is 1. The summed E-state index contributed by atoms with van der Waals surface area (Å²) in [5.74, 6) is 0.0348. The summed E-state index contributed by atoms with van der Waals surface area (Å²) in [5, 5.41) is 7.24. The third-order valence-corrected chi connectivity index (χ3v) is 4.32. The zero-order chi connectivity index (χ0) is 16.2. The zero-order valence-electron chi connectivity index (χ0n) is 13.1. The lowest BCUT2D eigenvalue weighted by Gasteiger charge is -2.23. The second-order valence-electron chi connectivity index (χ2n) is 6.07. The van der Waals surface area contributed by atoms with Crippen molar-refractivity contribution in [2.45, 2.75) is 37.9 Å². The molecule has 1 aliphatic rings. The van der Waals surface area contributed by atoms with Crippen molar-refractivity contribution in [3.63, 3.8) is 0 Å². The maximum absolute atomic E-state index is 12.6. The van der Waals surface area contributed by atoms with Crippen LogP contribution in [-0.4, -0.2) is 11.9 Å². The summed E-state index contributed by atoms with van der Waals surface area (Å²) >= 11 is 6.08. The highest BCUT2D eigenvalue weighted by molar-refractivity contribution is 6.30. The van der Waals surface area contributed by atoms with Crippen molar-refractivity contribution in [2.75, 3.05) is 0 Å². The molecule has 0 saturated heterocycles. The van der Waals surface area contributed by atoms with Crippen LogP contribution in [0, 0.1) is 0 Å². The molecule has 0 bridgehead atoms. The quantitative estimate of drug-likeness (QED) is 0.841. The molecule has 0 aliphatic heterocycles. The van der Waals surface area contributed by atoms with Crippen LogP contribution < -0.4 is 10.6 Å². The van der Waals surface area contributed by atoms with Crippen LogP contribution in [-0.2, 0) is 4.79 Å². The lowest BCUT2D eigenvalue weighted by Crippen LogP contribution is -2.39. The Morgan fingerprint density at radius 2 is 1.78 bits per heavy atom. The molecule has 2 atom stereocenters. The second-order valence-corrected chi connectivity index (χ2v) is 6.51. The summed E-state index contributed by atoms with van der Waals surface area (Å²) < 4.78 is 0. The first-order chi connectivity index (χ1) is 11.1. The van der Waals surface area contributed by atoms with E-state index in [2.05, 4.69) is 10.6 Å². The second kappa shape index (κ2) is 7.16. The van der Waals surface area contributed by atoms with Crippen molar-refractivity contribution < 1.29 is 4.79 Å². The summed E-state index contributed by atoms with van der Waals surface area (Å²) in [6.45, 7) is 2.05. The highest BCUT2D eigenvalue weighted by atomic mass is 35.5. The third-order valence-electron chi connectivity index (χ3n) is 4.08. The fourth-order valence-electron chi connectivity index (χ4n) is 2.60. The van der Waals surface area contributed by atoms with Crippen LogP contribution in [0.2, 0.25) is 5.02 Å². The van der Waals surface area contributed by atoms with Crippen LogP contribution in [0.15, 0.2) is 54.6 Å². The van der Waals surface area contributed by atoms with Crippen molar-refractivity contribution in [2.24, 2.45) is 0 Å². The first kappa shape index (κ1) is 16.0. The van der Waals surface area contributed by atoms with E-state index in [4.69, 9.17) is 11.6 Å². The summed E-state index contributed by atoms with van der Waals surface area (Å²) in [4.78, 5) is 12.6. The first-order valence-corrected chi connectivity index (χ1v) is 8.38. The standard InChI is InChI=1S/C19H21ClN2O/c1-13(15-8-5-9-16(20)12-15)21-18(14-6-3-2-4-7-14)19(23)22-17-10-11-17/h2-9,12-13,17-18,21H,10-11H2,1H3,(H,22,23)/t13-,18+/m1/s1. The molecule has 1 fully saturated rings. The lowest BCUT2D eigenvalue weighted by molar-refractivity contribution is -0.123. The van der Waals surface area contributed by atoms with Crippen LogP contribution in [0.4, 0.5) is 0 Å². The number of carbonyl (C=O) groups excluding carboxylic acids is 1. The number of carbonyl (C=O) groups is 1. The van der Waals surface area contributed by atoms with Gasteiger partial charge in [-0.15, -0.1) is 0 Å². The van der Waals surface area contributed by atoms with Crippen molar-refractivity contribution in [3.05, 3.63) is 70.7 Å². The van der Waals surface area contributed by atoms with E-state index in [9.17, 15) is 4.79 Å². The number of nitrogens with one attached hydrogen (secondary N) is 2. The number of rotatable bonds is 6. The van der Waals surface area contributed by atoms with Gasteiger partial charge in [-0.1, -0.05) is 54.1 Å². The smallest absolute Gasteiger partial charge is 0.241 e. The van der Waals surface area contributed by atoms with Crippen molar-refractivity contribution in [1.82, 2.24) is 10.6 Å². The van der Waals surface area contributed by atoms with Crippen molar-refractivity contribution in [1.29, 1.82) is 0 Å². The van der Waals surface area contributed by atoms with Crippen molar-refractivity contribution >= 4 is 17.5 Å². The predicted octanol–water partition coefficient (Wildman–Crippen LogP) is 4.01. The van der Waals surface area contributed by atoms with Crippen LogP contribution in [0.3, 0.4) is 0 Å². The fraction of sp³-hybridized carbons (Fsp3) is 0.316. The highest BCUT2D eigenvalue weighted by Crippen LogP contribution is 2.24. The molecule has 0 radical (unpaired) electrons. The van der Waals surface area contributed by atoms with Gasteiger partial charge in [-0.2, -0.15) is 0 Å². The molecule has 1 saturated carbocycles. The number of hydrogen-bond acceptors (Lipinski definition) is 2. The van der Waals surface area contributed by atoms with Crippen LogP contribution >= 0.6 is 11.6 Å². The van der Waals surface area contributed by atoms with Gasteiger partial charge in [0, 0.05) is 17.1 Å². The van der Waals surface area contributed by atoms with Crippen LogP contribution in [0.25, 0.3) is 0 Å². The average Bonchev–Trinajstić information content (AvgIpc) is 3.37. The Balaban J connectivity index is 1.78. The van der Waals surface area contributed by atoms with E-state index in [1.165, 1.54) is 0 Å². The van der Waals surface area contributed by atoms with E-state index in [0.717, 1.165) is 24.0 Å². The molecule has 0 aromatic heterocycles. The summed E-state index contributed by atoms with van der Waals surface area (Å²) in [7, 11) is 0. The molecule has 2 N–H and O–H groups in total. The third kappa shape index (κ3) is 4.34. The molecule has 3 nitrogen and oxygen atoms in total. The number of amides is 1. The monoisotopic (exact) mass is 328 g/mol. The molecule has 0 unspecified atom stereocenters. The topological polar surface area (TPSA) is 41.1 Å². The minimum atomic E-state index is -0.370. The maximum atomic E-state index is 12.6. The maximum Gasteiger partial charge on any atom is 0.241 e. The van der Waals surface area contributed by atoms with Gasteiger partial charge in [0.25, 0.3) is 0 Å². The van der Waals surface area contributed by atoms with E-state index in [1.807, 2.05) is 61.5 Å². The molecule has 1 amide bonds. The lowest BCUT2D eigenvalue weighted by atomic mass is 10.0. The normalized spacial score (nSPS) is 16.6. The molecule has 0 spiro atoms. The molecular formula is C19H21ClN2O. The predicted molar refractivity (Wildman–Crippen MR) is 93.4 cm³/mol. The van der Waals surface area contributed by atoms with Crippen LogP contribution in [0.5, 0.6) is 0 Å². The van der Waals surface area contributed by atoms with Gasteiger partial charge >= 0.3 is 0 Å². The average molecular weight is 329 g/mol. The fourth-order valence-corrected chi connectivity index (χ4v) is 2.80. The Kier molecular flexibility index (Phi) is 4.99. The SMILES string of the molecule is C[C@@H](N[C@H](C(=O)NC1CC1)c1ccccc1)c1cccc(Cl)c1. The molecule has 0 heterocycles. The molecule has 2 aromatic rings. The Morgan fingerprint density at radius 3 is 2.43 bits per heavy atom. The molecule has 1 aliphatic carbocycles. The Morgan fingerprint density at radius 1 is 1.09 bits per heavy atom. The summed E-state index contributed by atoms with van der Waals surface area (Å²) in [6, 6.07) is 17.6. The molecule has 3 rings (SSSR count). The summed E-state index contributed by atoms with van der Waals surface area (Å²) in [5.41, 5.74) is 2.04. The van der Waals surface area contributed by atoms with E-state index in [0.29, 0.717) is 11.1 Å². The molecule has 4 heteroatoms. The van der Waals surface area contributed by atoms with E-state index in [-0.39, 0.29) is 18.0 Å². The summed E-state index contributed by atoms with van der Waals surface area (Å²) in [6.07, 6.45) is 2.16. The number of hydrogen-bond donors (Lipinski definition) is 2. The number of benzene rings is 2. The Bertz CT molecular complexity index is 670. The van der Waals surface area contributed by atoms with Gasteiger partial charge in [0.05, 0.1) is 0 Å². The molecule has 23 heavy (non-hydrogen) atoms.